The lowest BCUT2D eigenvalue weighted by Gasteiger charge is -2.11. The molecule has 3 rings (SSSR count). The molecule has 20 heavy (non-hydrogen) atoms. The van der Waals surface area contributed by atoms with Crippen LogP contribution in [-0.4, -0.2) is 38.3 Å². The van der Waals surface area contributed by atoms with Gasteiger partial charge in [0.2, 0.25) is 0 Å². The summed E-state index contributed by atoms with van der Waals surface area (Å²) in [5.41, 5.74) is 0.623. The molecule has 100 valence electrons. The number of nitrogens with zero attached hydrogens (tertiary/aromatic N) is 3. The van der Waals surface area contributed by atoms with Gasteiger partial charge in [0.15, 0.2) is 5.69 Å². The number of aryl methyl sites for hydroxylation is 1. The summed E-state index contributed by atoms with van der Waals surface area (Å²) in [6.45, 7) is 1.54. The van der Waals surface area contributed by atoms with E-state index in [1.54, 1.807) is 19.1 Å². The molecule has 0 bridgehead atoms. The molecule has 1 N–H and O–H groups in total. The number of fused-ring (bicyclic) bond motifs is 1. The Hall–Kier alpha value is -3.03. The second kappa shape index (κ2) is 4.26. The summed E-state index contributed by atoms with van der Waals surface area (Å²) in [5.74, 6) is -2.29. The Morgan fingerprint density at radius 3 is 2.25 bits per heavy atom. The zero-order valence-electron chi connectivity index (χ0n) is 10.3. The predicted molar refractivity (Wildman–Crippen MR) is 63.5 cm³/mol. The number of benzene rings is 1. The summed E-state index contributed by atoms with van der Waals surface area (Å²) in [5, 5.41) is 9.95. The minimum Gasteiger partial charge on any atom is -0.322 e. The van der Waals surface area contributed by atoms with E-state index in [1.807, 2.05) is 0 Å². The Kier molecular flexibility index (Phi) is 2.56. The van der Waals surface area contributed by atoms with Crippen LogP contribution in [0.25, 0.3) is 0 Å². The van der Waals surface area contributed by atoms with E-state index in [1.165, 1.54) is 12.1 Å². The Balaban J connectivity index is 1.87. The molecular weight excluding hydrogens is 264 g/mol. The number of aromatic nitrogens is 3. The summed E-state index contributed by atoms with van der Waals surface area (Å²) in [7, 11) is 0. The third kappa shape index (κ3) is 1.66. The number of H-pyrrole nitrogens is 1. The number of aromatic amines is 1. The first-order chi connectivity index (χ1) is 9.59. The van der Waals surface area contributed by atoms with E-state index in [9.17, 15) is 14.4 Å². The van der Waals surface area contributed by atoms with E-state index < -0.39 is 17.8 Å². The van der Waals surface area contributed by atoms with Crippen LogP contribution >= 0.6 is 0 Å². The predicted octanol–water partition coefficient (Wildman–Crippen LogP) is 0.481. The molecule has 0 saturated heterocycles. The van der Waals surface area contributed by atoms with Crippen LogP contribution in [0.2, 0.25) is 0 Å². The number of amides is 2. The van der Waals surface area contributed by atoms with Crippen molar-refractivity contribution in [2.75, 3.05) is 0 Å². The summed E-state index contributed by atoms with van der Waals surface area (Å²) in [6, 6.07) is 6.23. The van der Waals surface area contributed by atoms with Gasteiger partial charge < -0.3 is 4.84 Å². The fraction of sp³-hybridized carbons (Fsp3) is 0.0833. The van der Waals surface area contributed by atoms with Crippen molar-refractivity contribution < 1.29 is 19.2 Å². The van der Waals surface area contributed by atoms with Crippen LogP contribution in [-0.2, 0) is 4.84 Å². The molecule has 2 aromatic rings. The van der Waals surface area contributed by atoms with E-state index in [0.29, 0.717) is 10.8 Å². The van der Waals surface area contributed by atoms with Crippen molar-refractivity contribution in [1.82, 2.24) is 20.5 Å². The highest BCUT2D eigenvalue weighted by Gasteiger charge is 2.39. The number of imide groups is 1. The minimum atomic E-state index is -0.925. The summed E-state index contributed by atoms with van der Waals surface area (Å²) < 4.78 is 0. The molecule has 8 nitrogen and oxygen atoms in total. The molecule has 0 atom stereocenters. The fourth-order valence-electron chi connectivity index (χ4n) is 1.85. The van der Waals surface area contributed by atoms with Crippen LogP contribution in [0.5, 0.6) is 0 Å². The molecule has 0 aliphatic carbocycles. The van der Waals surface area contributed by atoms with E-state index in [4.69, 9.17) is 4.84 Å². The summed E-state index contributed by atoms with van der Waals surface area (Å²) in [4.78, 5) is 40.6. The average molecular weight is 272 g/mol. The molecule has 2 heterocycles. The van der Waals surface area contributed by atoms with Gasteiger partial charge in [-0.25, -0.2) is 4.79 Å². The number of hydroxylamine groups is 2. The number of hydrogen-bond acceptors (Lipinski definition) is 6. The maximum Gasteiger partial charge on any atom is 0.385 e. The maximum atomic E-state index is 12.0. The van der Waals surface area contributed by atoms with Crippen LogP contribution in [0.15, 0.2) is 24.3 Å². The molecule has 1 aliphatic heterocycles. The molecular formula is C12H8N4O4. The van der Waals surface area contributed by atoms with Crippen LogP contribution < -0.4 is 0 Å². The maximum absolute atomic E-state index is 12.0. The quantitative estimate of drug-likeness (QED) is 0.797. The second-order valence-corrected chi connectivity index (χ2v) is 4.09. The number of nitrogens with one attached hydrogen (secondary N) is 1. The van der Waals surface area contributed by atoms with Gasteiger partial charge in [-0.1, -0.05) is 17.2 Å². The van der Waals surface area contributed by atoms with Crippen molar-refractivity contribution >= 4 is 17.8 Å². The molecule has 1 aromatic heterocycles. The fourth-order valence-corrected chi connectivity index (χ4v) is 1.85. The average Bonchev–Trinajstić information content (AvgIpc) is 2.97. The molecule has 0 saturated carbocycles. The molecule has 0 fully saturated rings. The van der Waals surface area contributed by atoms with Crippen molar-refractivity contribution in [3.8, 4) is 0 Å². The molecule has 0 unspecified atom stereocenters. The number of rotatable bonds is 2. The lowest BCUT2D eigenvalue weighted by atomic mass is 10.1. The summed E-state index contributed by atoms with van der Waals surface area (Å²) in [6.07, 6.45) is 0. The number of carbonyl (C=O) groups excluding carboxylic acids is 3. The highest BCUT2D eigenvalue weighted by Crippen LogP contribution is 2.23. The highest BCUT2D eigenvalue weighted by molar-refractivity contribution is 6.21. The number of carbonyl (C=O) groups is 3. The molecule has 2 amide bonds. The van der Waals surface area contributed by atoms with Crippen LogP contribution in [0.4, 0.5) is 0 Å². The largest absolute Gasteiger partial charge is 0.385 e. The van der Waals surface area contributed by atoms with Crippen molar-refractivity contribution in [1.29, 1.82) is 0 Å². The first-order valence-electron chi connectivity index (χ1n) is 5.67. The molecule has 1 aromatic carbocycles. The lowest BCUT2D eigenvalue weighted by molar-refractivity contribution is -0.0589. The topological polar surface area (TPSA) is 105 Å². The van der Waals surface area contributed by atoms with Gasteiger partial charge in [-0.15, -0.1) is 5.10 Å². The van der Waals surface area contributed by atoms with E-state index in [-0.39, 0.29) is 16.8 Å². The normalized spacial score (nSPS) is 13.6. The minimum absolute atomic E-state index is 0.0819. The molecule has 0 spiro atoms. The molecule has 8 heteroatoms. The van der Waals surface area contributed by atoms with E-state index in [2.05, 4.69) is 15.4 Å². The Morgan fingerprint density at radius 2 is 1.75 bits per heavy atom. The third-order valence-electron chi connectivity index (χ3n) is 2.85. The van der Waals surface area contributed by atoms with Crippen molar-refractivity contribution in [2.24, 2.45) is 0 Å². The zero-order valence-corrected chi connectivity index (χ0v) is 10.3. The van der Waals surface area contributed by atoms with Crippen molar-refractivity contribution in [3.63, 3.8) is 0 Å². The lowest BCUT2D eigenvalue weighted by Crippen LogP contribution is -2.33. The van der Waals surface area contributed by atoms with E-state index >= 15 is 0 Å². The van der Waals surface area contributed by atoms with Gasteiger partial charge in [-0.05, 0) is 19.1 Å². The third-order valence-corrected chi connectivity index (χ3v) is 2.85. The van der Waals surface area contributed by atoms with E-state index in [0.717, 1.165) is 0 Å². The standard InChI is InChI=1S/C12H8N4O4/c1-6-9(14-15-13-6)12(19)20-16-10(17)7-4-2-3-5-8(7)11(16)18/h2-5H,1H3,(H,13,14,15). The Morgan fingerprint density at radius 1 is 1.15 bits per heavy atom. The Labute approximate surface area is 112 Å². The van der Waals surface area contributed by atoms with Gasteiger partial charge in [0.25, 0.3) is 11.8 Å². The first-order valence-corrected chi connectivity index (χ1v) is 5.67. The smallest absolute Gasteiger partial charge is 0.322 e. The van der Waals surface area contributed by atoms with Gasteiger partial charge in [0, 0.05) is 0 Å². The van der Waals surface area contributed by atoms with Gasteiger partial charge in [-0.2, -0.15) is 10.3 Å². The van der Waals surface area contributed by atoms with Crippen molar-refractivity contribution in [2.45, 2.75) is 6.92 Å². The van der Waals surface area contributed by atoms with Crippen LogP contribution in [0.1, 0.15) is 36.9 Å². The van der Waals surface area contributed by atoms with Crippen LogP contribution in [0, 0.1) is 6.92 Å². The Bertz CT molecular complexity index is 702. The highest BCUT2D eigenvalue weighted by atomic mass is 16.7. The van der Waals surface area contributed by atoms with Gasteiger partial charge in [-0.3, -0.25) is 9.59 Å². The van der Waals surface area contributed by atoms with Crippen LogP contribution in [0.3, 0.4) is 0 Å². The monoisotopic (exact) mass is 272 g/mol. The molecule has 1 aliphatic rings. The second-order valence-electron chi connectivity index (χ2n) is 4.09. The van der Waals surface area contributed by atoms with Crippen molar-refractivity contribution in [3.05, 3.63) is 46.8 Å². The first kappa shape index (κ1) is 12.0. The summed E-state index contributed by atoms with van der Waals surface area (Å²) >= 11 is 0. The SMILES string of the molecule is Cc1n[nH]nc1C(=O)ON1C(=O)c2ccccc2C1=O. The van der Waals surface area contributed by atoms with Gasteiger partial charge in [0.05, 0.1) is 16.8 Å². The number of hydrogen-bond donors (Lipinski definition) is 1. The zero-order chi connectivity index (χ0) is 14.3. The van der Waals surface area contributed by atoms with Gasteiger partial charge >= 0.3 is 5.97 Å². The molecule has 0 radical (unpaired) electrons. The van der Waals surface area contributed by atoms with Gasteiger partial charge in [0.1, 0.15) is 0 Å².